The zero-order valence-electron chi connectivity index (χ0n) is 18.0. The maximum absolute atomic E-state index is 12.7. The van der Waals surface area contributed by atoms with Gasteiger partial charge in [0.15, 0.2) is 5.17 Å². The Morgan fingerprint density at radius 2 is 1.73 bits per heavy atom. The van der Waals surface area contributed by atoms with Gasteiger partial charge in [-0.15, -0.1) is 0 Å². The van der Waals surface area contributed by atoms with Gasteiger partial charge in [-0.3, -0.25) is 15.1 Å². The van der Waals surface area contributed by atoms with Gasteiger partial charge in [-0.2, -0.15) is 4.99 Å². The molecule has 2 aliphatic rings. The summed E-state index contributed by atoms with van der Waals surface area (Å²) in [4.78, 5) is 18.6. The first kappa shape index (κ1) is 21.0. The summed E-state index contributed by atoms with van der Waals surface area (Å²) in [6.45, 7) is 2.56. The predicted octanol–water partition coefficient (Wildman–Crippen LogP) is 5.88. The van der Waals surface area contributed by atoms with Crippen LogP contribution in [-0.4, -0.2) is 21.8 Å². The molecule has 0 bridgehead atoms. The summed E-state index contributed by atoms with van der Waals surface area (Å²) in [6, 6.07) is 25.5. The first-order valence-electron chi connectivity index (χ1n) is 10.5. The van der Waals surface area contributed by atoms with Crippen LogP contribution in [0.2, 0.25) is 0 Å². The second kappa shape index (κ2) is 8.92. The van der Waals surface area contributed by atoms with Crippen LogP contribution in [-0.2, 0) is 11.4 Å². The fourth-order valence-corrected chi connectivity index (χ4v) is 4.56. The molecule has 33 heavy (non-hydrogen) atoms. The number of carbonyl (C=O) groups excluding carboxylic acids is 1. The number of aryl methyl sites for hydroxylation is 1. The zero-order chi connectivity index (χ0) is 22.8. The van der Waals surface area contributed by atoms with E-state index in [0.29, 0.717) is 11.8 Å². The van der Waals surface area contributed by atoms with E-state index in [0.717, 1.165) is 28.1 Å². The molecule has 0 aliphatic carbocycles. The molecule has 2 heterocycles. The van der Waals surface area contributed by atoms with Gasteiger partial charge in [0.25, 0.3) is 5.91 Å². The Kier molecular flexibility index (Phi) is 5.67. The normalized spacial score (nSPS) is 16.5. The Morgan fingerprint density at radius 1 is 1.00 bits per heavy atom. The smallest absolute Gasteiger partial charge is 0.283 e. The molecular weight excluding hydrogens is 430 g/mol. The summed E-state index contributed by atoms with van der Waals surface area (Å²) < 4.78 is 5.91. The van der Waals surface area contributed by atoms with Crippen molar-refractivity contribution in [1.82, 2.24) is 4.90 Å². The van der Waals surface area contributed by atoms with Crippen molar-refractivity contribution in [2.24, 2.45) is 4.99 Å². The highest BCUT2D eigenvalue weighted by atomic mass is 32.2. The van der Waals surface area contributed by atoms with E-state index in [9.17, 15) is 4.79 Å². The first-order valence-corrected chi connectivity index (χ1v) is 11.4. The van der Waals surface area contributed by atoms with Gasteiger partial charge in [-0.25, -0.2) is 0 Å². The van der Waals surface area contributed by atoms with Gasteiger partial charge >= 0.3 is 0 Å². The highest BCUT2D eigenvalue weighted by molar-refractivity contribution is 8.17. The van der Waals surface area contributed by atoms with E-state index < -0.39 is 5.91 Å². The number of carbonyl (C=O) groups is 1. The molecule has 0 spiro atoms. The number of benzene rings is 3. The molecule has 0 atom stereocenters. The summed E-state index contributed by atoms with van der Waals surface area (Å²) in [5.74, 6) is 0.474. The van der Waals surface area contributed by atoms with Crippen LogP contribution >= 0.6 is 11.8 Å². The van der Waals surface area contributed by atoms with Gasteiger partial charge < -0.3 is 4.74 Å². The van der Waals surface area contributed by atoms with Crippen molar-refractivity contribution in [3.8, 4) is 5.75 Å². The van der Waals surface area contributed by atoms with Crippen molar-refractivity contribution in [3.63, 3.8) is 0 Å². The molecule has 3 aromatic rings. The molecule has 0 unspecified atom stereocenters. The monoisotopic (exact) mass is 451 g/mol. The fraction of sp³-hybridized carbons (Fsp3) is 0.0741. The number of nitrogens with zero attached hydrogens (tertiary/aromatic N) is 2. The predicted molar refractivity (Wildman–Crippen MR) is 134 cm³/mol. The van der Waals surface area contributed by atoms with Crippen molar-refractivity contribution >= 4 is 40.4 Å². The van der Waals surface area contributed by atoms with E-state index in [2.05, 4.69) is 24.0 Å². The van der Waals surface area contributed by atoms with Crippen molar-refractivity contribution in [3.05, 3.63) is 112 Å². The third-order valence-electron chi connectivity index (χ3n) is 5.53. The number of amidine groups is 2. The Balaban J connectivity index is 1.35. The van der Waals surface area contributed by atoms with Crippen molar-refractivity contribution < 1.29 is 9.53 Å². The van der Waals surface area contributed by atoms with E-state index in [4.69, 9.17) is 10.1 Å². The maximum atomic E-state index is 12.7. The number of aliphatic imine (C=N–C) groups is 1. The first-order chi connectivity index (χ1) is 16.1. The average Bonchev–Trinajstić information content (AvgIpc) is 3.26. The molecule has 0 saturated heterocycles. The van der Waals surface area contributed by atoms with Crippen LogP contribution in [0.1, 0.15) is 22.3 Å². The standard InChI is InChI=1S/C27H21N3O2S/c1-18-7-5-6-10-21(18)16-32-22-13-11-19(12-14-22)15-23-25(28)30-24(20-8-3-2-4-9-20)17-33-27(30)29-26(23)31/h2-15,17,28H,16H2,1H3. The molecule has 5 nitrogen and oxygen atoms in total. The van der Waals surface area contributed by atoms with Crippen molar-refractivity contribution in [2.75, 3.05) is 0 Å². The lowest BCUT2D eigenvalue weighted by atomic mass is 10.1. The summed E-state index contributed by atoms with van der Waals surface area (Å²) in [6.07, 6.45) is 1.71. The summed E-state index contributed by atoms with van der Waals surface area (Å²) >= 11 is 1.36. The number of rotatable bonds is 5. The lowest BCUT2D eigenvalue weighted by Gasteiger charge is -2.26. The highest BCUT2D eigenvalue weighted by Crippen LogP contribution is 2.37. The van der Waals surface area contributed by atoms with Gasteiger partial charge in [0.1, 0.15) is 18.2 Å². The largest absolute Gasteiger partial charge is 0.489 e. The minimum Gasteiger partial charge on any atom is -0.489 e. The third kappa shape index (κ3) is 4.25. The lowest BCUT2D eigenvalue weighted by molar-refractivity contribution is -0.114. The van der Waals surface area contributed by atoms with Crippen LogP contribution in [0.3, 0.4) is 0 Å². The van der Waals surface area contributed by atoms with Crippen LogP contribution in [0, 0.1) is 12.3 Å². The molecule has 1 amide bonds. The number of thioether (sulfide) groups is 1. The summed E-state index contributed by atoms with van der Waals surface area (Å²) in [7, 11) is 0. The van der Waals surface area contributed by atoms with Crippen molar-refractivity contribution in [2.45, 2.75) is 13.5 Å². The topological polar surface area (TPSA) is 65.8 Å². The molecule has 2 aliphatic heterocycles. The number of ether oxygens (including phenoxy) is 1. The summed E-state index contributed by atoms with van der Waals surface area (Å²) in [5, 5.41) is 11.2. The zero-order valence-corrected chi connectivity index (χ0v) is 18.8. The van der Waals surface area contributed by atoms with Crippen LogP contribution in [0.15, 0.2) is 94.8 Å². The molecule has 6 heteroatoms. The van der Waals surface area contributed by atoms with Gasteiger partial charge in [0.2, 0.25) is 0 Å². The van der Waals surface area contributed by atoms with E-state index in [1.54, 1.807) is 11.0 Å². The van der Waals surface area contributed by atoms with Crippen LogP contribution in [0.5, 0.6) is 5.75 Å². The molecule has 5 rings (SSSR count). The summed E-state index contributed by atoms with van der Waals surface area (Å²) in [5.41, 5.74) is 5.23. The lowest BCUT2D eigenvalue weighted by Crippen LogP contribution is -2.37. The molecule has 0 aromatic heterocycles. The minimum absolute atomic E-state index is 0.130. The Bertz CT molecular complexity index is 1320. The average molecular weight is 452 g/mol. The van der Waals surface area contributed by atoms with Crippen molar-refractivity contribution in [1.29, 1.82) is 5.41 Å². The Morgan fingerprint density at radius 3 is 2.48 bits per heavy atom. The Hall–Kier alpha value is -3.90. The molecule has 3 aromatic carbocycles. The quantitative estimate of drug-likeness (QED) is 0.492. The minimum atomic E-state index is -0.402. The van der Waals surface area contributed by atoms with E-state index in [1.165, 1.54) is 17.3 Å². The van der Waals surface area contributed by atoms with Gasteiger partial charge in [-0.1, -0.05) is 78.5 Å². The second-order valence-electron chi connectivity index (χ2n) is 7.71. The van der Waals surface area contributed by atoms with Crippen LogP contribution in [0.4, 0.5) is 0 Å². The van der Waals surface area contributed by atoms with Crippen LogP contribution in [0.25, 0.3) is 11.8 Å². The number of hydrogen-bond acceptors (Lipinski definition) is 4. The molecular formula is C27H21N3O2S. The molecule has 0 radical (unpaired) electrons. The number of amides is 1. The number of fused-ring (bicyclic) bond motifs is 1. The number of nitrogens with one attached hydrogen (secondary N) is 1. The second-order valence-corrected chi connectivity index (χ2v) is 8.55. The Labute approximate surface area is 196 Å². The fourth-order valence-electron chi connectivity index (χ4n) is 3.67. The number of hydrogen-bond donors (Lipinski definition) is 1. The highest BCUT2D eigenvalue weighted by Gasteiger charge is 2.36. The van der Waals surface area contributed by atoms with Gasteiger partial charge in [0.05, 0.1) is 11.3 Å². The van der Waals surface area contributed by atoms with E-state index >= 15 is 0 Å². The van der Waals surface area contributed by atoms with Gasteiger partial charge in [0, 0.05) is 5.41 Å². The molecule has 0 saturated carbocycles. The maximum Gasteiger partial charge on any atom is 0.283 e. The SMILES string of the molecule is Cc1ccccc1COc1ccc(C=C2C(=N)N3C(c4ccccc4)=CSC3=NC2=O)cc1. The third-order valence-corrected chi connectivity index (χ3v) is 6.36. The molecule has 1 N–H and O–H groups in total. The van der Waals surface area contributed by atoms with Crippen LogP contribution < -0.4 is 4.74 Å². The van der Waals surface area contributed by atoms with Gasteiger partial charge in [-0.05, 0) is 47.4 Å². The van der Waals surface area contributed by atoms with E-state index in [-0.39, 0.29) is 11.4 Å². The molecule has 162 valence electrons. The van der Waals surface area contributed by atoms with E-state index in [1.807, 2.05) is 72.1 Å². The molecule has 0 fully saturated rings.